The lowest BCUT2D eigenvalue weighted by molar-refractivity contribution is 0.340. The molecule has 0 saturated heterocycles. The molecule has 2 aromatic carbocycles. The van der Waals surface area contributed by atoms with Crippen LogP contribution < -0.4 is 10.1 Å². The van der Waals surface area contributed by atoms with Crippen molar-refractivity contribution in [3.63, 3.8) is 0 Å². The zero-order valence-electron chi connectivity index (χ0n) is 15.9. The molecule has 27 heavy (non-hydrogen) atoms. The third kappa shape index (κ3) is 5.97. The summed E-state index contributed by atoms with van der Waals surface area (Å²) in [5, 5.41) is 13.6. The van der Waals surface area contributed by atoms with Crippen molar-refractivity contribution >= 4 is 33.9 Å². The second-order valence-corrected chi connectivity index (χ2v) is 8.70. The van der Waals surface area contributed by atoms with Gasteiger partial charge in [0.05, 0.1) is 6.61 Å². The Morgan fingerprint density at radius 2 is 1.93 bits per heavy atom. The van der Waals surface area contributed by atoms with E-state index in [0.717, 1.165) is 38.8 Å². The number of aromatic nitrogens is 2. The van der Waals surface area contributed by atoms with Crippen molar-refractivity contribution in [2.75, 3.05) is 17.7 Å². The molecule has 0 fully saturated rings. The fraction of sp³-hybridized carbons (Fsp3) is 0.333. The summed E-state index contributed by atoms with van der Waals surface area (Å²) in [6, 6.07) is 16.4. The molecule has 0 atom stereocenters. The number of nitrogens with zero attached hydrogens (tertiary/aromatic N) is 2. The summed E-state index contributed by atoms with van der Waals surface area (Å²) >= 11 is 3.44. The number of nitrogens with one attached hydrogen (secondary N) is 1. The fourth-order valence-electron chi connectivity index (χ4n) is 2.45. The van der Waals surface area contributed by atoms with Gasteiger partial charge in [-0.15, -0.1) is 22.0 Å². The quantitative estimate of drug-likeness (QED) is 0.417. The first kappa shape index (κ1) is 19.7. The van der Waals surface area contributed by atoms with E-state index in [1.54, 1.807) is 0 Å². The summed E-state index contributed by atoms with van der Waals surface area (Å²) in [6.07, 6.45) is 1.24. The summed E-state index contributed by atoms with van der Waals surface area (Å²) in [6.45, 7) is 7.15. The molecule has 3 rings (SSSR count). The van der Waals surface area contributed by atoms with Gasteiger partial charge < -0.3 is 10.1 Å². The van der Waals surface area contributed by atoms with Crippen molar-refractivity contribution in [3.8, 4) is 16.3 Å². The number of thioether (sulfide) groups is 1. The monoisotopic (exact) mass is 399 g/mol. The average Bonchev–Trinajstić information content (AvgIpc) is 3.12. The minimum atomic E-state index is 0.651. The summed E-state index contributed by atoms with van der Waals surface area (Å²) in [4.78, 5) is 1.30. The molecule has 0 unspecified atom stereocenters. The molecule has 0 aliphatic heterocycles. The van der Waals surface area contributed by atoms with Gasteiger partial charge in [-0.25, -0.2) is 0 Å². The average molecular weight is 400 g/mol. The minimum absolute atomic E-state index is 0.651. The molecule has 1 heterocycles. The van der Waals surface area contributed by atoms with E-state index < -0.39 is 0 Å². The van der Waals surface area contributed by atoms with Gasteiger partial charge in [-0.05, 0) is 61.4 Å². The second-order valence-electron chi connectivity index (χ2n) is 6.55. The van der Waals surface area contributed by atoms with Gasteiger partial charge in [0.15, 0.2) is 0 Å². The lowest BCUT2D eigenvalue weighted by atomic mass is 10.2. The number of benzene rings is 2. The van der Waals surface area contributed by atoms with Crippen LogP contribution in [0.3, 0.4) is 0 Å². The van der Waals surface area contributed by atoms with Crippen molar-refractivity contribution in [2.24, 2.45) is 5.92 Å². The van der Waals surface area contributed by atoms with Crippen LogP contribution in [0.15, 0.2) is 53.4 Å². The van der Waals surface area contributed by atoms with Crippen LogP contribution in [0.1, 0.15) is 27.2 Å². The first-order valence-electron chi connectivity index (χ1n) is 9.20. The Morgan fingerprint density at radius 1 is 1.11 bits per heavy atom. The van der Waals surface area contributed by atoms with Gasteiger partial charge in [0, 0.05) is 16.1 Å². The summed E-state index contributed by atoms with van der Waals surface area (Å²) in [7, 11) is 0. The largest absolute Gasteiger partial charge is 0.494 e. The SMILES string of the molecule is CCOc1cccc(-c2nnc(Nc3ccc(SCCC(C)C)cc3)s2)c1. The van der Waals surface area contributed by atoms with E-state index in [1.165, 1.54) is 22.7 Å². The highest BCUT2D eigenvalue weighted by Crippen LogP contribution is 2.31. The molecule has 0 amide bonds. The Labute approximate surface area is 169 Å². The van der Waals surface area contributed by atoms with E-state index in [9.17, 15) is 0 Å². The third-order valence-electron chi connectivity index (χ3n) is 3.89. The molecule has 0 aliphatic rings. The van der Waals surface area contributed by atoms with Gasteiger partial charge in [-0.2, -0.15) is 0 Å². The van der Waals surface area contributed by atoms with Gasteiger partial charge in [0.2, 0.25) is 5.13 Å². The smallest absolute Gasteiger partial charge is 0.210 e. The molecule has 1 aromatic heterocycles. The first-order valence-corrected chi connectivity index (χ1v) is 11.0. The predicted molar refractivity (Wildman–Crippen MR) is 116 cm³/mol. The molecule has 0 bridgehead atoms. The lowest BCUT2D eigenvalue weighted by Crippen LogP contribution is -1.91. The third-order valence-corrected chi connectivity index (χ3v) is 5.82. The molecule has 6 heteroatoms. The maximum absolute atomic E-state index is 5.56. The maximum atomic E-state index is 5.56. The van der Waals surface area contributed by atoms with Crippen LogP contribution in [0.4, 0.5) is 10.8 Å². The van der Waals surface area contributed by atoms with E-state index in [4.69, 9.17) is 4.74 Å². The van der Waals surface area contributed by atoms with Crippen molar-refractivity contribution in [2.45, 2.75) is 32.1 Å². The number of ether oxygens (including phenoxy) is 1. The Bertz CT molecular complexity index is 847. The van der Waals surface area contributed by atoms with E-state index >= 15 is 0 Å². The summed E-state index contributed by atoms with van der Waals surface area (Å²) in [5.41, 5.74) is 2.04. The maximum Gasteiger partial charge on any atom is 0.210 e. The molecule has 0 saturated carbocycles. The zero-order valence-corrected chi connectivity index (χ0v) is 17.6. The fourth-order valence-corrected chi connectivity index (χ4v) is 4.36. The highest BCUT2D eigenvalue weighted by Gasteiger charge is 2.08. The Kier molecular flexibility index (Phi) is 7.12. The van der Waals surface area contributed by atoms with Crippen LogP contribution in [0.2, 0.25) is 0 Å². The Morgan fingerprint density at radius 3 is 2.67 bits per heavy atom. The normalized spacial score (nSPS) is 11.0. The number of hydrogen-bond acceptors (Lipinski definition) is 6. The molecule has 3 aromatic rings. The number of rotatable bonds is 9. The van der Waals surface area contributed by atoms with Gasteiger partial charge in [-0.1, -0.05) is 37.3 Å². The molecule has 0 spiro atoms. The zero-order chi connectivity index (χ0) is 19.1. The molecule has 4 nitrogen and oxygen atoms in total. The Hall–Kier alpha value is -2.05. The van der Waals surface area contributed by atoms with Gasteiger partial charge in [0.25, 0.3) is 0 Å². The summed E-state index contributed by atoms with van der Waals surface area (Å²) < 4.78 is 5.56. The van der Waals surface area contributed by atoms with Crippen molar-refractivity contribution in [3.05, 3.63) is 48.5 Å². The molecular formula is C21H25N3OS2. The Balaban J connectivity index is 1.61. The number of hydrogen-bond donors (Lipinski definition) is 1. The topological polar surface area (TPSA) is 47.0 Å². The minimum Gasteiger partial charge on any atom is -0.494 e. The summed E-state index contributed by atoms with van der Waals surface area (Å²) in [5.74, 6) is 2.76. The van der Waals surface area contributed by atoms with Gasteiger partial charge in [-0.3, -0.25) is 0 Å². The predicted octanol–water partition coefficient (Wildman–Crippen LogP) is 6.49. The van der Waals surface area contributed by atoms with Crippen LogP contribution >= 0.6 is 23.1 Å². The van der Waals surface area contributed by atoms with Gasteiger partial charge >= 0.3 is 0 Å². The number of anilines is 2. The van der Waals surface area contributed by atoms with Crippen LogP contribution in [-0.2, 0) is 0 Å². The molecule has 0 radical (unpaired) electrons. The van der Waals surface area contributed by atoms with Crippen molar-refractivity contribution < 1.29 is 4.74 Å². The van der Waals surface area contributed by atoms with E-state index in [2.05, 4.69) is 53.6 Å². The molecular weight excluding hydrogens is 374 g/mol. The molecule has 1 N–H and O–H groups in total. The molecule has 142 valence electrons. The van der Waals surface area contributed by atoms with Crippen LogP contribution in [0.25, 0.3) is 10.6 Å². The van der Waals surface area contributed by atoms with Crippen LogP contribution in [0.5, 0.6) is 5.75 Å². The van der Waals surface area contributed by atoms with Crippen LogP contribution in [0, 0.1) is 5.92 Å². The van der Waals surface area contributed by atoms with E-state index in [1.807, 2.05) is 43.0 Å². The van der Waals surface area contributed by atoms with Crippen molar-refractivity contribution in [1.29, 1.82) is 0 Å². The van der Waals surface area contributed by atoms with E-state index in [-0.39, 0.29) is 0 Å². The van der Waals surface area contributed by atoms with E-state index in [0.29, 0.717) is 6.61 Å². The van der Waals surface area contributed by atoms with Gasteiger partial charge in [0.1, 0.15) is 10.8 Å². The second kappa shape index (κ2) is 9.76. The van der Waals surface area contributed by atoms with Crippen molar-refractivity contribution in [1.82, 2.24) is 10.2 Å². The highest BCUT2D eigenvalue weighted by molar-refractivity contribution is 7.99. The van der Waals surface area contributed by atoms with Crippen LogP contribution in [-0.4, -0.2) is 22.6 Å². The highest BCUT2D eigenvalue weighted by atomic mass is 32.2. The standard InChI is InChI=1S/C21H25N3OS2/c1-4-25-18-7-5-6-16(14-18)20-23-24-21(27-20)22-17-8-10-19(11-9-17)26-13-12-15(2)3/h5-11,14-15H,4,12-13H2,1-3H3,(H,22,24). The lowest BCUT2D eigenvalue weighted by Gasteiger charge is -2.06. The molecule has 0 aliphatic carbocycles. The first-order chi connectivity index (χ1) is 13.1.